The van der Waals surface area contributed by atoms with Crippen LogP contribution >= 0.6 is 0 Å². The number of fused-ring (bicyclic) bond motifs is 1. The molecule has 160 valence electrons. The topological polar surface area (TPSA) is 142 Å². The number of nitrogens with one attached hydrogen (secondary N) is 4. The first kappa shape index (κ1) is 20.3. The number of oxazole rings is 1. The van der Waals surface area contributed by atoms with Crippen LogP contribution in [-0.2, 0) is 10.0 Å². The average Bonchev–Trinajstić information content (AvgIpc) is 3.05. The summed E-state index contributed by atoms with van der Waals surface area (Å²) in [5.41, 5.74) is 1.18. The minimum absolute atomic E-state index is 0.0291. The van der Waals surface area contributed by atoms with Crippen molar-refractivity contribution in [1.82, 2.24) is 15.0 Å². The quantitative estimate of drug-likeness (QED) is 0.353. The van der Waals surface area contributed by atoms with Gasteiger partial charge in [0.15, 0.2) is 17.2 Å². The van der Waals surface area contributed by atoms with Crippen molar-refractivity contribution in [3.05, 3.63) is 64.8 Å². The van der Waals surface area contributed by atoms with E-state index in [-0.39, 0.29) is 23.1 Å². The molecule has 0 aliphatic heterocycles. The van der Waals surface area contributed by atoms with Gasteiger partial charge >= 0.3 is 5.76 Å². The van der Waals surface area contributed by atoms with Gasteiger partial charge in [0, 0.05) is 11.4 Å². The summed E-state index contributed by atoms with van der Waals surface area (Å²) in [6.45, 7) is 0. The van der Waals surface area contributed by atoms with Crippen LogP contribution in [0.1, 0.15) is 0 Å². The third-order valence-electron chi connectivity index (χ3n) is 3.94. The minimum atomic E-state index is -3.69. The lowest BCUT2D eigenvalue weighted by molar-refractivity contribution is 0.555. The van der Waals surface area contributed by atoms with Crippen molar-refractivity contribution in [1.29, 1.82) is 0 Å². The normalized spacial score (nSPS) is 11.5. The van der Waals surface area contributed by atoms with Crippen LogP contribution in [0.25, 0.3) is 11.1 Å². The van der Waals surface area contributed by atoms with Crippen molar-refractivity contribution in [2.75, 3.05) is 21.6 Å². The van der Waals surface area contributed by atoms with Gasteiger partial charge in [0.25, 0.3) is 0 Å². The number of nitrogens with zero attached hydrogens (tertiary/aromatic N) is 2. The Balaban J connectivity index is 1.59. The zero-order chi connectivity index (χ0) is 22.2. The number of hydrogen-bond donors (Lipinski definition) is 4. The Morgan fingerprint density at radius 1 is 1.03 bits per heavy atom. The van der Waals surface area contributed by atoms with Gasteiger partial charge in [-0.25, -0.2) is 27.0 Å². The SMILES string of the molecule is CS(=O)(=O)Nc1cc(Nc2ncc(F)c(Nc3ccc4oc(=O)[nH]c4c3)n2)ccc1F. The first-order chi connectivity index (χ1) is 14.7. The molecule has 0 aliphatic carbocycles. The van der Waals surface area contributed by atoms with Crippen LogP contribution in [-0.4, -0.2) is 29.6 Å². The lowest BCUT2D eigenvalue weighted by atomic mass is 10.2. The standard InChI is InChI=1S/C18H14F2N6O4S/c1-31(28,29)26-13-6-10(2-4-11(13)19)23-17-21-8-12(20)16(25-17)22-9-3-5-15-14(7-9)24-18(27)30-15/h2-8,26H,1H3,(H,24,27)(H2,21,22,23,25). The number of halogens is 2. The second-order valence-electron chi connectivity index (χ2n) is 6.43. The molecule has 4 rings (SSSR count). The second kappa shape index (κ2) is 7.68. The summed E-state index contributed by atoms with van der Waals surface area (Å²) < 4.78 is 57.7. The molecule has 10 nitrogen and oxygen atoms in total. The molecule has 0 radical (unpaired) electrons. The lowest BCUT2D eigenvalue weighted by Crippen LogP contribution is -2.11. The number of anilines is 5. The van der Waals surface area contributed by atoms with Gasteiger partial charge in [-0.3, -0.25) is 9.71 Å². The number of aromatic amines is 1. The van der Waals surface area contributed by atoms with Crippen LogP contribution in [0.5, 0.6) is 0 Å². The number of H-pyrrole nitrogens is 1. The van der Waals surface area contributed by atoms with Crippen molar-refractivity contribution < 1.29 is 21.6 Å². The molecule has 0 aliphatic rings. The van der Waals surface area contributed by atoms with E-state index in [4.69, 9.17) is 4.42 Å². The number of hydrogen-bond acceptors (Lipinski definition) is 8. The van der Waals surface area contributed by atoms with E-state index in [0.717, 1.165) is 18.5 Å². The summed E-state index contributed by atoms with van der Waals surface area (Å²) in [5, 5.41) is 5.52. The van der Waals surface area contributed by atoms with E-state index in [2.05, 4.69) is 30.3 Å². The van der Waals surface area contributed by atoms with Crippen LogP contribution in [0.4, 0.5) is 37.6 Å². The van der Waals surface area contributed by atoms with Gasteiger partial charge < -0.3 is 15.1 Å². The molecule has 0 bridgehead atoms. The molecule has 0 saturated heterocycles. The Kier molecular flexibility index (Phi) is 5.02. The molecular weight excluding hydrogens is 434 g/mol. The predicted octanol–water partition coefficient (Wildman–Crippen LogP) is 3.05. The van der Waals surface area contributed by atoms with Crippen molar-refractivity contribution >= 4 is 50.0 Å². The maximum atomic E-state index is 14.2. The predicted molar refractivity (Wildman–Crippen MR) is 110 cm³/mol. The van der Waals surface area contributed by atoms with Crippen LogP contribution in [0, 0.1) is 11.6 Å². The second-order valence-corrected chi connectivity index (χ2v) is 8.18. The molecule has 31 heavy (non-hydrogen) atoms. The number of sulfonamides is 1. The molecule has 4 N–H and O–H groups in total. The van der Waals surface area contributed by atoms with E-state index in [1.54, 1.807) is 6.07 Å². The molecule has 0 saturated carbocycles. The highest BCUT2D eigenvalue weighted by Gasteiger charge is 2.12. The molecule has 0 unspecified atom stereocenters. The van der Waals surface area contributed by atoms with E-state index in [9.17, 15) is 22.0 Å². The van der Waals surface area contributed by atoms with E-state index in [0.29, 0.717) is 16.8 Å². The minimum Gasteiger partial charge on any atom is -0.408 e. The lowest BCUT2D eigenvalue weighted by Gasteiger charge is -2.11. The summed E-state index contributed by atoms with van der Waals surface area (Å²) in [5.74, 6) is -2.33. The van der Waals surface area contributed by atoms with E-state index in [1.165, 1.54) is 24.3 Å². The number of aromatic nitrogens is 3. The molecule has 4 aromatic rings. The van der Waals surface area contributed by atoms with Crippen LogP contribution < -0.4 is 21.1 Å². The average molecular weight is 448 g/mol. The molecule has 0 amide bonds. The van der Waals surface area contributed by atoms with E-state index in [1.807, 2.05) is 0 Å². The van der Waals surface area contributed by atoms with Crippen molar-refractivity contribution in [2.45, 2.75) is 0 Å². The third kappa shape index (κ3) is 4.78. The van der Waals surface area contributed by atoms with Crippen molar-refractivity contribution in [3.8, 4) is 0 Å². The first-order valence-electron chi connectivity index (χ1n) is 8.63. The van der Waals surface area contributed by atoms with Crippen molar-refractivity contribution in [3.63, 3.8) is 0 Å². The number of benzene rings is 2. The highest BCUT2D eigenvalue weighted by atomic mass is 32.2. The molecule has 13 heteroatoms. The van der Waals surface area contributed by atoms with E-state index < -0.39 is 27.4 Å². The van der Waals surface area contributed by atoms with Crippen LogP contribution in [0.2, 0.25) is 0 Å². The van der Waals surface area contributed by atoms with Gasteiger partial charge in [-0.2, -0.15) is 4.98 Å². The molecule has 2 aromatic carbocycles. The summed E-state index contributed by atoms with van der Waals surface area (Å²) in [6, 6.07) is 8.24. The molecule has 0 spiro atoms. The first-order valence-corrected chi connectivity index (χ1v) is 10.5. The summed E-state index contributed by atoms with van der Waals surface area (Å²) in [7, 11) is -3.69. The monoisotopic (exact) mass is 448 g/mol. The molecule has 0 fully saturated rings. The fourth-order valence-electron chi connectivity index (χ4n) is 2.69. The van der Waals surface area contributed by atoms with Gasteiger partial charge in [0.2, 0.25) is 16.0 Å². The van der Waals surface area contributed by atoms with Gasteiger partial charge in [-0.1, -0.05) is 0 Å². The maximum Gasteiger partial charge on any atom is 0.417 e. The Morgan fingerprint density at radius 2 is 1.77 bits per heavy atom. The molecular formula is C18H14F2N6O4S. The summed E-state index contributed by atoms with van der Waals surface area (Å²) in [6.07, 6.45) is 1.82. The highest BCUT2D eigenvalue weighted by Crippen LogP contribution is 2.25. The fourth-order valence-corrected chi connectivity index (χ4v) is 3.25. The molecule has 2 heterocycles. The highest BCUT2D eigenvalue weighted by molar-refractivity contribution is 7.92. The molecule has 0 atom stereocenters. The largest absolute Gasteiger partial charge is 0.417 e. The van der Waals surface area contributed by atoms with Crippen molar-refractivity contribution in [2.24, 2.45) is 0 Å². The van der Waals surface area contributed by atoms with E-state index >= 15 is 0 Å². The fraction of sp³-hybridized carbons (Fsp3) is 0.0556. The van der Waals surface area contributed by atoms with Gasteiger partial charge in [-0.15, -0.1) is 0 Å². The Hall–Kier alpha value is -4.00. The smallest absolute Gasteiger partial charge is 0.408 e. The third-order valence-corrected chi connectivity index (χ3v) is 4.53. The summed E-state index contributed by atoms with van der Waals surface area (Å²) >= 11 is 0. The Labute approximate surface area is 173 Å². The Bertz CT molecular complexity index is 1450. The molecule has 2 aromatic heterocycles. The zero-order valence-corrected chi connectivity index (χ0v) is 16.5. The summed E-state index contributed by atoms with van der Waals surface area (Å²) in [4.78, 5) is 21.6. The van der Waals surface area contributed by atoms with Crippen LogP contribution in [0.15, 0.2) is 51.8 Å². The van der Waals surface area contributed by atoms with Crippen LogP contribution in [0.3, 0.4) is 0 Å². The zero-order valence-electron chi connectivity index (χ0n) is 15.7. The van der Waals surface area contributed by atoms with Gasteiger partial charge in [0.1, 0.15) is 5.82 Å². The Morgan fingerprint density at radius 3 is 2.55 bits per heavy atom. The maximum absolute atomic E-state index is 14.2. The number of rotatable bonds is 6. The van der Waals surface area contributed by atoms with Gasteiger partial charge in [0.05, 0.1) is 23.7 Å². The van der Waals surface area contributed by atoms with Gasteiger partial charge in [-0.05, 0) is 36.4 Å².